The fraction of sp³-hybridized carbons (Fsp3) is 0.688. The Labute approximate surface area is 147 Å². The normalized spacial score (nSPS) is 23.0. The van der Waals surface area contributed by atoms with Gasteiger partial charge in [-0.25, -0.2) is 9.78 Å². The summed E-state index contributed by atoms with van der Waals surface area (Å²) in [4.78, 5) is 21.5. The Kier molecular flexibility index (Phi) is 5.42. The lowest BCUT2D eigenvalue weighted by atomic mass is 9.74. The van der Waals surface area contributed by atoms with Crippen molar-refractivity contribution in [1.82, 2.24) is 15.3 Å². The van der Waals surface area contributed by atoms with Crippen LogP contribution >= 0.6 is 11.6 Å². The summed E-state index contributed by atoms with van der Waals surface area (Å²) in [6.07, 6.45) is -0.0402. The molecule has 24 heavy (non-hydrogen) atoms. The lowest BCUT2D eigenvalue weighted by Gasteiger charge is -2.44. The molecule has 0 saturated carbocycles. The summed E-state index contributed by atoms with van der Waals surface area (Å²) in [7, 11) is 0. The van der Waals surface area contributed by atoms with E-state index in [9.17, 15) is 9.90 Å². The van der Waals surface area contributed by atoms with E-state index in [0.717, 1.165) is 13.0 Å². The van der Waals surface area contributed by atoms with Gasteiger partial charge in [0, 0.05) is 25.2 Å². The molecule has 2 heterocycles. The highest BCUT2D eigenvalue weighted by Crippen LogP contribution is 2.34. The van der Waals surface area contributed by atoms with Crippen molar-refractivity contribution in [3.63, 3.8) is 0 Å². The highest BCUT2D eigenvalue weighted by atomic mass is 35.5. The van der Waals surface area contributed by atoms with Crippen LogP contribution in [-0.4, -0.2) is 40.3 Å². The second-order valence-corrected chi connectivity index (χ2v) is 8.09. The Morgan fingerprint density at radius 3 is 2.67 bits per heavy atom. The number of carboxylic acid groups (broad SMARTS) is 1. The van der Waals surface area contributed by atoms with Crippen LogP contribution in [0.5, 0.6) is 0 Å². The largest absolute Gasteiger partial charge is 0.465 e. The summed E-state index contributed by atoms with van der Waals surface area (Å²) in [6.45, 7) is 9.84. The van der Waals surface area contributed by atoms with Crippen molar-refractivity contribution < 1.29 is 9.90 Å². The summed E-state index contributed by atoms with van der Waals surface area (Å²) in [5, 5.41) is 12.2. The van der Waals surface area contributed by atoms with Crippen molar-refractivity contribution in [2.75, 3.05) is 23.7 Å². The van der Waals surface area contributed by atoms with Gasteiger partial charge in [-0.1, -0.05) is 39.3 Å². The minimum Gasteiger partial charge on any atom is -0.465 e. The predicted octanol–water partition coefficient (Wildman–Crippen LogP) is 2.86. The standard InChI is InChI=1S/C16H26ClN5O2/c1-9-5-10(13(16(2,3)4)21-15(23)24)8-22(7-9)12-6-11(17)19-14(18)20-12/h6,9-10,13,21H,5,7-8H2,1-4H3,(H,23,24)(H2,18,19,20)/t9-,10-,13?/m1/s1. The maximum atomic E-state index is 11.2. The van der Waals surface area contributed by atoms with Gasteiger partial charge in [-0.3, -0.25) is 0 Å². The summed E-state index contributed by atoms with van der Waals surface area (Å²) < 4.78 is 0. The Bertz CT molecular complexity index is 584. The molecule has 3 atom stereocenters. The number of anilines is 2. The van der Waals surface area contributed by atoms with E-state index in [-0.39, 0.29) is 23.3 Å². The van der Waals surface area contributed by atoms with Crippen molar-refractivity contribution in [3.8, 4) is 0 Å². The number of amides is 1. The SMILES string of the molecule is C[C@@H]1C[C@@H](C(NC(=O)O)C(C)(C)C)CN(c2cc(Cl)nc(N)n2)C1. The van der Waals surface area contributed by atoms with E-state index in [1.54, 1.807) is 6.07 Å². The van der Waals surface area contributed by atoms with Crippen LogP contribution in [-0.2, 0) is 0 Å². The van der Waals surface area contributed by atoms with E-state index in [1.165, 1.54) is 0 Å². The molecular weight excluding hydrogens is 330 g/mol. The molecule has 8 heteroatoms. The number of aromatic nitrogens is 2. The summed E-state index contributed by atoms with van der Waals surface area (Å²) in [6, 6.07) is 1.54. The number of rotatable bonds is 3. The van der Waals surface area contributed by atoms with Gasteiger partial charge in [0.2, 0.25) is 5.95 Å². The minimum absolute atomic E-state index is 0.142. The molecule has 0 aromatic carbocycles. The first-order valence-electron chi connectivity index (χ1n) is 8.10. The van der Waals surface area contributed by atoms with Crippen molar-refractivity contribution in [2.24, 2.45) is 17.3 Å². The molecule has 1 unspecified atom stereocenters. The molecule has 1 aliphatic rings. The van der Waals surface area contributed by atoms with Crippen LogP contribution < -0.4 is 16.0 Å². The van der Waals surface area contributed by atoms with Gasteiger partial charge in [0.15, 0.2) is 0 Å². The Hall–Kier alpha value is -1.76. The number of hydrogen-bond acceptors (Lipinski definition) is 5. The second kappa shape index (κ2) is 7.01. The van der Waals surface area contributed by atoms with E-state index >= 15 is 0 Å². The van der Waals surface area contributed by atoms with Crippen molar-refractivity contribution in [3.05, 3.63) is 11.2 Å². The maximum Gasteiger partial charge on any atom is 0.404 e. The summed E-state index contributed by atoms with van der Waals surface area (Å²) >= 11 is 6.00. The topological polar surface area (TPSA) is 104 Å². The highest BCUT2D eigenvalue weighted by molar-refractivity contribution is 6.29. The minimum atomic E-state index is -0.992. The third kappa shape index (κ3) is 4.63. The van der Waals surface area contributed by atoms with Gasteiger partial charge in [-0.2, -0.15) is 4.98 Å². The van der Waals surface area contributed by atoms with Crippen LogP contribution in [0.4, 0.5) is 16.6 Å². The average molecular weight is 356 g/mol. The van der Waals surface area contributed by atoms with Crippen LogP contribution in [0.2, 0.25) is 5.15 Å². The van der Waals surface area contributed by atoms with Gasteiger partial charge in [-0.15, -0.1) is 0 Å². The fourth-order valence-corrected chi connectivity index (χ4v) is 3.77. The van der Waals surface area contributed by atoms with E-state index in [4.69, 9.17) is 17.3 Å². The molecule has 7 nitrogen and oxygen atoms in total. The molecule has 1 amide bonds. The van der Waals surface area contributed by atoms with Gasteiger partial charge in [0.25, 0.3) is 0 Å². The zero-order valence-corrected chi connectivity index (χ0v) is 15.3. The van der Waals surface area contributed by atoms with E-state index in [2.05, 4.69) is 47.9 Å². The van der Waals surface area contributed by atoms with Gasteiger partial charge < -0.3 is 21.1 Å². The first kappa shape index (κ1) is 18.6. The van der Waals surface area contributed by atoms with Crippen LogP contribution in [0.1, 0.15) is 34.1 Å². The van der Waals surface area contributed by atoms with Crippen molar-refractivity contribution >= 4 is 29.5 Å². The number of nitrogens with zero attached hydrogens (tertiary/aromatic N) is 3. The average Bonchev–Trinajstić information content (AvgIpc) is 2.41. The Morgan fingerprint density at radius 1 is 1.46 bits per heavy atom. The lowest BCUT2D eigenvalue weighted by Crippen LogP contribution is -2.54. The zero-order chi connectivity index (χ0) is 18.1. The van der Waals surface area contributed by atoms with Gasteiger partial charge in [-0.05, 0) is 23.7 Å². The lowest BCUT2D eigenvalue weighted by molar-refractivity contribution is 0.137. The molecule has 1 aliphatic heterocycles. The van der Waals surface area contributed by atoms with Crippen LogP contribution in [0.3, 0.4) is 0 Å². The maximum absolute atomic E-state index is 11.2. The highest BCUT2D eigenvalue weighted by Gasteiger charge is 2.38. The van der Waals surface area contributed by atoms with Crippen molar-refractivity contribution in [2.45, 2.75) is 40.2 Å². The molecule has 0 bridgehead atoms. The predicted molar refractivity (Wildman–Crippen MR) is 95.3 cm³/mol. The summed E-state index contributed by atoms with van der Waals surface area (Å²) in [5.41, 5.74) is 5.52. The quantitative estimate of drug-likeness (QED) is 0.720. The Morgan fingerprint density at radius 2 is 2.12 bits per heavy atom. The van der Waals surface area contributed by atoms with Crippen LogP contribution in [0, 0.1) is 17.3 Å². The molecule has 4 N–H and O–H groups in total. The number of piperidine rings is 1. The number of carbonyl (C=O) groups is 1. The van der Waals surface area contributed by atoms with E-state index < -0.39 is 6.09 Å². The number of nitrogens with one attached hydrogen (secondary N) is 1. The number of nitrogens with two attached hydrogens (primary N) is 1. The smallest absolute Gasteiger partial charge is 0.404 e. The molecule has 134 valence electrons. The summed E-state index contributed by atoms with van der Waals surface area (Å²) in [5.74, 6) is 1.40. The van der Waals surface area contributed by atoms with Gasteiger partial charge >= 0.3 is 6.09 Å². The van der Waals surface area contributed by atoms with Crippen molar-refractivity contribution in [1.29, 1.82) is 0 Å². The molecule has 1 saturated heterocycles. The number of halogens is 1. The Balaban J connectivity index is 2.27. The first-order valence-corrected chi connectivity index (χ1v) is 8.48. The molecule has 0 aliphatic carbocycles. The molecule has 1 aromatic rings. The third-order valence-corrected chi connectivity index (χ3v) is 4.59. The monoisotopic (exact) mass is 355 g/mol. The second-order valence-electron chi connectivity index (χ2n) is 7.71. The van der Waals surface area contributed by atoms with Crippen LogP contribution in [0.15, 0.2) is 6.07 Å². The van der Waals surface area contributed by atoms with Gasteiger partial charge in [0.05, 0.1) is 0 Å². The van der Waals surface area contributed by atoms with Crippen LogP contribution in [0.25, 0.3) is 0 Å². The van der Waals surface area contributed by atoms with Gasteiger partial charge in [0.1, 0.15) is 11.0 Å². The first-order chi connectivity index (χ1) is 11.1. The van der Waals surface area contributed by atoms with E-state index in [1.807, 2.05) is 0 Å². The fourth-order valence-electron chi connectivity index (χ4n) is 3.59. The molecule has 1 fully saturated rings. The number of hydrogen-bond donors (Lipinski definition) is 3. The molecule has 1 aromatic heterocycles. The molecule has 2 rings (SSSR count). The third-order valence-electron chi connectivity index (χ3n) is 4.40. The number of nitrogen functional groups attached to an aromatic ring is 1. The molecule has 0 spiro atoms. The van der Waals surface area contributed by atoms with E-state index in [0.29, 0.717) is 23.4 Å². The zero-order valence-electron chi connectivity index (χ0n) is 14.6. The molecular formula is C16H26ClN5O2. The molecule has 0 radical (unpaired) electrons.